The zero-order valence-electron chi connectivity index (χ0n) is 14.8. The highest BCUT2D eigenvalue weighted by molar-refractivity contribution is 5.74. The van der Waals surface area contributed by atoms with Crippen molar-refractivity contribution in [2.45, 2.75) is 12.6 Å². The minimum absolute atomic E-state index is 0.0425. The summed E-state index contributed by atoms with van der Waals surface area (Å²) < 4.78 is 5.78. The third kappa shape index (κ3) is 3.73. The van der Waals surface area contributed by atoms with Gasteiger partial charge in [0, 0.05) is 55.6 Å². The Hall–Kier alpha value is -2.68. The Morgan fingerprint density at radius 2 is 2.26 bits per heavy atom. The number of carboxylic acids is 1. The minimum atomic E-state index is -0.854. The van der Waals surface area contributed by atoms with Gasteiger partial charge >= 0.3 is 5.97 Å². The number of nitrogens with zero attached hydrogens (tertiary/aromatic N) is 2. The lowest BCUT2D eigenvalue weighted by Gasteiger charge is -2.24. The van der Waals surface area contributed by atoms with Gasteiger partial charge in [0.1, 0.15) is 12.6 Å². The third-order valence-corrected chi connectivity index (χ3v) is 5.04. The van der Waals surface area contributed by atoms with Crippen LogP contribution in [0.1, 0.15) is 5.56 Å². The lowest BCUT2D eigenvalue weighted by atomic mass is 10.00. The van der Waals surface area contributed by atoms with E-state index in [1.54, 1.807) is 18.5 Å². The van der Waals surface area contributed by atoms with E-state index < -0.39 is 12.0 Å². The Kier molecular flexibility index (Phi) is 4.93. The summed E-state index contributed by atoms with van der Waals surface area (Å²) in [5.74, 6) is -0.282. The summed E-state index contributed by atoms with van der Waals surface area (Å²) in [6.07, 6.45) is 3.46. The third-order valence-electron chi connectivity index (χ3n) is 5.04. The highest BCUT2D eigenvalue weighted by Crippen LogP contribution is 2.37. The molecule has 2 aliphatic rings. The van der Waals surface area contributed by atoms with E-state index in [4.69, 9.17) is 4.74 Å². The van der Waals surface area contributed by atoms with Crippen LogP contribution >= 0.6 is 0 Å². The number of carbonyl (C=O) groups is 1. The number of fused-ring (bicyclic) bond motifs is 1. The van der Waals surface area contributed by atoms with Crippen LogP contribution in [0.5, 0.6) is 11.5 Å². The van der Waals surface area contributed by atoms with Gasteiger partial charge in [-0.15, -0.1) is 0 Å². The van der Waals surface area contributed by atoms with Gasteiger partial charge in [0.25, 0.3) is 0 Å². The molecule has 3 heterocycles. The number of ether oxygens (including phenoxy) is 1. The van der Waals surface area contributed by atoms with E-state index >= 15 is 0 Å². The molecule has 4 N–H and O–H groups in total. The SMILES string of the molecule is O=C(O)C1NNCC1CN1CCOc2c(O)cc(-c3cccnc3)cc2C1. The largest absolute Gasteiger partial charge is 0.504 e. The number of phenols is 1. The molecule has 27 heavy (non-hydrogen) atoms. The van der Waals surface area contributed by atoms with Crippen molar-refractivity contribution < 1.29 is 19.7 Å². The van der Waals surface area contributed by atoms with Crippen molar-refractivity contribution in [1.82, 2.24) is 20.7 Å². The molecule has 0 bridgehead atoms. The van der Waals surface area contributed by atoms with Crippen molar-refractivity contribution in [1.29, 1.82) is 0 Å². The van der Waals surface area contributed by atoms with Crippen LogP contribution in [0.15, 0.2) is 36.7 Å². The van der Waals surface area contributed by atoms with Gasteiger partial charge in [0.2, 0.25) is 0 Å². The van der Waals surface area contributed by atoms with E-state index in [0.717, 1.165) is 16.7 Å². The van der Waals surface area contributed by atoms with E-state index in [1.807, 2.05) is 18.2 Å². The zero-order valence-corrected chi connectivity index (χ0v) is 14.8. The average molecular weight is 370 g/mol. The fourth-order valence-electron chi connectivity index (χ4n) is 3.71. The molecule has 0 amide bonds. The van der Waals surface area contributed by atoms with Crippen LogP contribution in [0.2, 0.25) is 0 Å². The predicted molar refractivity (Wildman–Crippen MR) is 98.2 cm³/mol. The monoisotopic (exact) mass is 370 g/mol. The second kappa shape index (κ2) is 7.51. The predicted octanol–water partition coefficient (Wildman–Crippen LogP) is 0.826. The first-order valence-electron chi connectivity index (χ1n) is 8.94. The molecule has 2 aromatic rings. The van der Waals surface area contributed by atoms with Crippen LogP contribution in [0.3, 0.4) is 0 Å². The van der Waals surface area contributed by atoms with Gasteiger partial charge in [-0.2, -0.15) is 0 Å². The number of carboxylic acid groups (broad SMARTS) is 1. The Bertz CT molecular complexity index is 830. The number of aromatic hydroxyl groups is 1. The van der Waals surface area contributed by atoms with Crippen LogP contribution < -0.4 is 15.6 Å². The number of rotatable bonds is 4. The summed E-state index contributed by atoms with van der Waals surface area (Å²) in [5, 5.41) is 19.8. The second-order valence-corrected chi connectivity index (χ2v) is 6.91. The zero-order chi connectivity index (χ0) is 18.8. The first-order chi connectivity index (χ1) is 13.1. The van der Waals surface area contributed by atoms with Crippen molar-refractivity contribution in [3.63, 3.8) is 0 Å². The standard InChI is InChI=1S/C19H22N4O4/c24-16-7-13(12-2-1-3-20-8-12)6-14-10-23(4-5-27-18(14)16)11-15-9-21-22-17(15)19(25)26/h1-3,6-8,15,17,21-22,24H,4-5,9-11H2,(H,25,26). The Morgan fingerprint density at radius 3 is 3.04 bits per heavy atom. The topological polar surface area (TPSA) is 107 Å². The summed E-state index contributed by atoms with van der Waals surface area (Å²) in [7, 11) is 0. The number of nitrogens with one attached hydrogen (secondary N) is 2. The first kappa shape index (κ1) is 17.7. The van der Waals surface area contributed by atoms with Gasteiger partial charge in [0.15, 0.2) is 11.5 Å². The molecular weight excluding hydrogens is 348 g/mol. The maximum Gasteiger partial charge on any atom is 0.322 e. The first-order valence-corrected chi connectivity index (χ1v) is 8.94. The number of hydrazine groups is 1. The molecule has 1 saturated heterocycles. The molecule has 142 valence electrons. The molecule has 0 spiro atoms. The number of pyridine rings is 1. The highest BCUT2D eigenvalue weighted by Gasteiger charge is 2.34. The van der Waals surface area contributed by atoms with Crippen molar-refractivity contribution in [2.24, 2.45) is 5.92 Å². The van der Waals surface area contributed by atoms with Crippen molar-refractivity contribution >= 4 is 5.97 Å². The minimum Gasteiger partial charge on any atom is -0.504 e. The van der Waals surface area contributed by atoms with Crippen molar-refractivity contribution in [3.05, 3.63) is 42.2 Å². The maximum absolute atomic E-state index is 11.4. The summed E-state index contributed by atoms with van der Waals surface area (Å²) in [6, 6.07) is 6.88. The molecular formula is C19H22N4O4. The summed E-state index contributed by atoms with van der Waals surface area (Å²) in [6.45, 7) is 2.91. The van der Waals surface area contributed by atoms with Gasteiger partial charge in [-0.3, -0.25) is 20.1 Å². The quantitative estimate of drug-likeness (QED) is 0.627. The summed E-state index contributed by atoms with van der Waals surface area (Å²) in [5.41, 5.74) is 8.42. The number of benzene rings is 1. The molecule has 4 rings (SSSR count). The number of hydrogen-bond donors (Lipinski definition) is 4. The van der Waals surface area contributed by atoms with E-state index in [-0.39, 0.29) is 11.7 Å². The number of aromatic nitrogens is 1. The smallest absolute Gasteiger partial charge is 0.322 e. The van der Waals surface area contributed by atoms with Crippen LogP contribution in [0.25, 0.3) is 11.1 Å². The molecule has 1 aromatic heterocycles. The fourth-order valence-corrected chi connectivity index (χ4v) is 3.71. The van der Waals surface area contributed by atoms with E-state index in [2.05, 4.69) is 20.7 Å². The maximum atomic E-state index is 11.4. The van der Waals surface area contributed by atoms with Crippen LogP contribution in [-0.4, -0.2) is 58.3 Å². The molecule has 1 aromatic carbocycles. The van der Waals surface area contributed by atoms with Gasteiger partial charge in [-0.1, -0.05) is 6.07 Å². The number of phenolic OH excluding ortho intramolecular Hbond substituents is 1. The molecule has 2 unspecified atom stereocenters. The lowest BCUT2D eigenvalue weighted by molar-refractivity contribution is -0.140. The lowest BCUT2D eigenvalue weighted by Crippen LogP contribution is -2.42. The van der Waals surface area contributed by atoms with Gasteiger partial charge in [0.05, 0.1) is 0 Å². The van der Waals surface area contributed by atoms with E-state index in [0.29, 0.717) is 38.5 Å². The normalized spacial score (nSPS) is 22.7. The fraction of sp³-hybridized carbons (Fsp3) is 0.368. The Labute approximate surface area is 156 Å². The van der Waals surface area contributed by atoms with E-state index in [9.17, 15) is 15.0 Å². The van der Waals surface area contributed by atoms with Crippen LogP contribution in [0.4, 0.5) is 0 Å². The van der Waals surface area contributed by atoms with Gasteiger partial charge in [-0.05, 0) is 23.8 Å². The molecule has 2 aliphatic heterocycles. The number of aliphatic carboxylic acids is 1. The van der Waals surface area contributed by atoms with Crippen LogP contribution in [0, 0.1) is 5.92 Å². The second-order valence-electron chi connectivity index (χ2n) is 6.91. The Morgan fingerprint density at radius 1 is 1.37 bits per heavy atom. The van der Waals surface area contributed by atoms with Crippen molar-refractivity contribution in [2.75, 3.05) is 26.2 Å². The van der Waals surface area contributed by atoms with Crippen molar-refractivity contribution in [3.8, 4) is 22.6 Å². The van der Waals surface area contributed by atoms with Gasteiger partial charge < -0.3 is 14.9 Å². The summed E-state index contributed by atoms with van der Waals surface area (Å²) >= 11 is 0. The molecule has 1 fully saturated rings. The molecule has 0 radical (unpaired) electrons. The molecule has 2 atom stereocenters. The summed E-state index contributed by atoms with van der Waals surface area (Å²) in [4.78, 5) is 17.7. The number of hydrogen-bond acceptors (Lipinski definition) is 7. The average Bonchev–Trinajstić information content (AvgIpc) is 3.02. The molecule has 0 aliphatic carbocycles. The Balaban J connectivity index is 1.58. The highest BCUT2D eigenvalue weighted by atomic mass is 16.5. The molecule has 0 saturated carbocycles. The molecule has 8 heteroatoms. The van der Waals surface area contributed by atoms with Crippen LogP contribution in [-0.2, 0) is 11.3 Å². The van der Waals surface area contributed by atoms with E-state index in [1.165, 1.54) is 0 Å². The molecule has 8 nitrogen and oxygen atoms in total. The van der Waals surface area contributed by atoms with Gasteiger partial charge in [-0.25, -0.2) is 5.43 Å².